The molecule has 102 valence electrons. The lowest BCUT2D eigenvalue weighted by molar-refractivity contribution is 0.109. The second-order valence-electron chi connectivity index (χ2n) is 4.99. The summed E-state index contributed by atoms with van der Waals surface area (Å²) in [6.45, 7) is 4.18. The zero-order chi connectivity index (χ0) is 12.8. The van der Waals surface area contributed by atoms with E-state index in [4.69, 9.17) is 9.63 Å². The number of aliphatic hydroxyl groups excluding tert-OH is 1. The molecule has 0 amide bonds. The van der Waals surface area contributed by atoms with E-state index in [0.29, 0.717) is 6.04 Å². The minimum atomic E-state index is 0.258. The van der Waals surface area contributed by atoms with Gasteiger partial charge >= 0.3 is 0 Å². The Hall–Kier alpha value is -0.940. The Bertz CT molecular complexity index is 352. The molecule has 0 bridgehead atoms. The number of piperidine rings is 1. The summed E-state index contributed by atoms with van der Waals surface area (Å²) in [5.74, 6) is 1.52. The number of hydrogen-bond donors (Lipinski definition) is 1. The monoisotopic (exact) mass is 253 g/mol. The van der Waals surface area contributed by atoms with Crippen molar-refractivity contribution in [3.8, 4) is 0 Å². The molecule has 5 nitrogen and oxygen atoms in total. The first-order valence-electron chi connectivity index (χ1n) is 7.00. The van der Waals surface area contributed by atoms with Gasteiger partial charge in [0.05, 0.1) is 6.54 Å². The van der Waals surface area contributed by atoms with Crippen molar-refractivity contribution >= 4 is 0 Å². The number of aryl methyl sites for hydroxylation is 1. The van der Waals surface area contributed by atoms with Crippen LogP contribution >= 0.6 is 0 Å². The van der Waals surface area contributed by atoms with Gasteiger partial charge in [0, 0.05) is 19.1 Å². The number of rotatable bonds is 6. The molecule has 1 unspecified atom stereocenters. The van der Waals surface area contributed by atoms with Crippen molar-refractivity contribution in [3.63, 3.8) is 0 Å². The Morgan fingerprint density at radius 1 is 1.44 bits per heavy atom. The fourth-order valence-electron chi connectivity index (χ4n) is 2.60. The van der Waals surface area contributed by atoms with Crippen LogP contribution in [0.2, 0.25) is 0 Å². The summed E-state index contributed by atoms with van der Waals surface area (Å²) >= 11 is 0. The van der Waals surface area contributed by atoms with Crippen LogP contribution in [0, 0.1) is 0 Å². The molecule has 2 rings (SSSR count). The normalized spacial score (nSPS) is 21.3. The Balaban J connectivity index is 1.92. The first-order chi connectivity index (χ1) is 8.83. The van der Waals surface area contributed by atoms with Crippen LogP contribution in [-0.2, 0) is 13.0 Å². The van der Waals surface area contributed by atoms with E-state index in [-0.39, 0.29) is 6.61 Å². The Morgan fingerprint density at radius 3 is 3.11 bits per heavy atom. The second kappa shape index (κ2) is 6.85. The maximum absolute atomic E-state index is 9.10. The second-order valence-corrected chi connectivity index (χ2v) is 4.99. The average Bonchev–Trinajstić information content (AvgIpc) is 2.80. The highest BCUT2D eigenvalue weighted by atomic mass is 16.5. The average molecular weight is 253 g/mol. The van der Waals surface area contributed by atoms with Gasteiger partial charge in [0.1, 0.15) is 0 Å². The molecular weight excluding hydrogens is 230 g/mol. The van der Waals surface area contributed by atoms with Crippen molar-refractivity contribution in [2.75, 3.05) is 13.2 Å². The fourth-order valence-corrected chi connectivity index (χ4v) is 2.60. The lowest BCUT2D eigenvalue weighted by Gasteiger charge is -2.34. The zero-order valence-corrected chi connectivity index (χ0v) is 11.1. The van der Waals surface area contributed by atoms with Gasteiger partial charge < -0.3 is 9.63 Å². The number of nitrogens with zero attached hydrogens (tertiary/aromatic N) is 3. The van der Waals surface area contributed by atoms with Crippen molar-refractivity contribution in [2.45, 2.75) is 58.0 Å². The van der Waals surface area contributed by atoms with Gasteiger partial charge in [-0.2, -0.15) is 4.98 Å². The van der Waals surface area contributed by atoms with Crippen LogP contribution in [0.5, 0.6) is 0 Å². The van der Waals surface area contributed by atoms with Gasteiger partial charge in [0.2, 0.25) is 5.89 Å². The summed E-state index contributed by atoms with van der Waals surface area (Å²) in [7, 11) is 0. The fraction of sp³-hybridized carbons (Fsp3) is 0.846. The molecule has 0 aromatic carbocycles. The van der Waals surface area contributed by atoms with Crippen molar-refractivity contribution < 1.29 is 9.63 Å². The molecule has 1 aliphatic heterocycles. The number of aromatic nitrogens is 2. The summed E-state index contributed by atoms with van der Waals surface area (Å²) in [6, 6.07) is 0.469. The molecule has 1 N–H and O–H groups in total. The van der Waals surface area contributed by atoms with Crippen molar-refractivity contribution in [1.29, 1.82) is 0 Å². The van der Waals surface area contributed by atoms with E-state index in [2.05, 4.69) is 22.0 Å². The van der Waals surface area contributed by atoms with Gasteiger partial charge in [-0.15, -0.1) is 0 Å². The molecule has 1 saturated heterocycles. The predicted octanol–water partition coefficient (Wildman–Crippen LogP) is 1.76. The largest absolute Gasteiger partial charge is 0.396 e. The lowest BCUT2D eigenvalue weighted by atomic mass is 10.00. The van der Waals surface area contributed by atoms with Crippen molar-refractivity contribution in [3.05, 3.63) is 11.7 Å². The summed E-state index contributed by atoms with van der Waals surface area (Å²) < 4.78 is 5.20. The molecule has 0 radical (unpaired) electrons. The van der Waals surface area contributed by atoms with E-state index >= 15 is 0 Å². The Labute approximate surface area is 108 Å². The quantitative estimate of drug-likeness (QED) is 0.837. The molecule has 0 spiro atoms. The van der Waals surface area contributed by atoms with Crippen molar-refractivity contribution in [1.82, 2.24) is 15.0 Å². The summed E-state index contributed by atoms with van der Waals surface area (Å²) in [4.78, 5) is 6.78. The molecule has 1 aromatic rings. The highest BCUT2D eigenvalue weighted by Gasteiger charge is 2.23. The van der Waals surface area contributed by atoms with Crippen LogP contribution in [0.15, 0.2) is 4.52 Å². The summed E-state index contributed by atoms with van der Waals surface area (Å²) in [5.41, 5.74) is 0. The number of aliphatic hydroxyl groups is 1. The maximum Gasteiger partial charge on any atom is 0.226 e. The van der Waals surface area contributed by atoms with Crippen LogP contribution in [0.4, 0.5) is 0 Å². The van der Waals surface area contributed by atoms with Crippen LogP contribution in [-0.4, -0.2) is 39.3 Å². The third-order valence-electron chi connectivity index (χ3n) is 3.53. The predicted molar refractivity (Wildman–Crippen MR) is 68.0 cm³/mol. The number of hydrogen-bond acceptors (Lipinski definition) is 5. The SMILES string of the molecule is CCCc1nc(CN2CCCCC2CCO)no1. The van der Waals surface area contributed by atoms with Gasteiger partial charge in [-0.25, -0.2) is 0 Å². The highest BCUT2D eigenvalue weighted by molar-refractivity contribution is 4.89. The molecule has 1 aliphatic rings. The van der Waals surface area contributed by atoms with Gasteiger partial charge in [0.25, 0.3) is 0 Å². The van der Waals surface area contributed by atoms with Gasteiger partial charge in [0.15, 0.2) is 5.82 Å². The van der Waals surface area contributed by atoms with E-state index in [1.54, 1.807) is 0 Å². The van der Waals surface area contributed by atoms with Crippen LogP contribution < -0.4 is 0 Å². The molecule has 1 atom stereocenters. The smallest absolute Gasteiger partial charge is 0.226 e. The lowest BCUT2D eigenvalue weighted by Crippen LogP contribution is -2.39. The topological polar surface area (TPSA) is 62.4 Å². The number of likely N-dealkylation sites (tertiary alicyclic amines) is 1. The van der Waals surface area contributed by atoms with E-state index in [1.807, 2.05) is 0 Å². The van der Waals surface area contributed by atoms with Crippen molar-refractivity contribution in [2.24, 2.45) is 0 Å². The molecule has 5 heteroatoms. The maximum atomic E-state index is 9.10. The molecule has 0 saturated carbocycles. The molecule has 0 aliphatic carbocycles. The first kappa shape index (κ1) is 13.5. The standard InChI is InChI=1S/C13H23N3O2/c1-2-5-13-14-12(15-18-13)10-16-8-4-3-6-11(16)7-9-17/h11,17H,2-10H2,1H3. The van der Waals surface area contributed by atoms with E-state index in [9.17, 15) is 0 Å². The Kier molecular flexibility index (Phi) is 5.13. The zero-order valence-electron chi connectivity index (χ0n) is 11.1. The highest BCUT2D eigenvalue weighted by Crippen LogP contribution is 2.21. The first-order valence-corrected chi connectivity index (χ1v) is 7.00. The van der Waals surface area contributed by atoms with Crippen LogP contribution in [0.1, 0.15) is 50.7 Å². The van der Waals surface area contributed by atoms with Gasteiger partial charge in [-0.1, -0.05) is 18.5 Å². The van der Waals surface area contributed by atoms with Gasteiger partial charge in [-0.05, 0) is 32.2 Å². The molecular formula is C13H23N3O2. The third kappa shape index (κ3) is 3.53. The molecule has 1 aromatic heterocycles. The third-order valence-corrected chi connectivity index (χ3v) is 3.53. The summed E-state index contributed by atoms with van der Waals surface area (Å²) in [5, 5.41) is 13.1. The molecule has 18 heavy (non-hydrogen) atoms. The minimum absolute atomic E-state index is 0.258. The van der Waals surface area contributed by atoms with Crippen LogP contribution in [0.25, 0.3) is 0 Å². The van der Waals surface area contributed by atoms with E-state index in [1.165, 1.54) is 19.3 Å². The molecule has 1 fully saturated rings. The Morgan fingerprint density at radius 2 is 2.33 bits per heavy atom. The van der Waals surface area contributed by atoms with Gasteiger partial charge in [-0.3, -0.25) is 4.90 Å². The van der Waals surface area contributed by atoms with E-state index in [0.717, 1.165) is 44.1 Å². The summed E-state index contributed by atoms with van der Waals surface area (Å²) in [6.07, 6.45) is 6.38. The van der Waals surface area contributed by atoms with E-state index < -0.39 is 0 Å². The van der Waals surface area contributed by atoms with Crippen LogP contribution in [0.3, 0.4) is 0 Å². The minimum Gasteiger partial charge on any atom is -0.396 e. The molecule has 2 heterocycles.